The van der Waals surface area contributed by atoms with Crippen LogP contribution >= 0.6 is 0 Å². The zero-order valence-electron chi connectivity index (χ0n) is 11.8. The van der Waals surface area contributed by atoms with Crippen molar-refractivity contribution in [2.24, 2.45) is 0 Å². The number of hydrogen-bond acceptors (Lipinski definition) is 2. The SMILES string of the molecule is [2H]c1c([2H])c([2H])c2c(=O)c([2H])c(C(=O)O)[nH]c2c1[2H]. The Kier molecular flexibility index (Phi) is 0.943. The third-order valence-electron chi connectivity index (χ3n) is 1.62. The van der Waals surface area contributed by atoms with Gasteiger partial charge >= 0.3 is 5.97 Å². The van der Waals surface area contributed by atoms with E-state index in [-0.39, 0.29) is 5.52 Å². The molecule has 0 saturated carbocycles. The Hall–Kier alpha value is -2.10. The smallest absolute Gasteiger partial charge is 0.352 e. The highest BCUT2D eigenvalue weighted by atomic mass is 16.4. The van der Waals surface area contributed by atoms with Crippen molar-refractivity contribution >= 4 is 16.9 Å². The van der Waals surface area contributed by atoms with Gasteiger partial charge in [0.1, 0.15) is 5.69 Å². The summed E-state index contributed by atoms with van der Waals surface area (Å²) in [4.78, 5) is 25.0. The fourth-order valence-corrected chi connectivity index (χ4v) is 1.02. The molecule has 2 N–H and O–H groups in total. The largest absolute Gasteiger partial charge is 0.477 e. The number of carbonyl (C=O) groups is 1. The summed E-state index contributed by atoms with van der Waals surface area (Å²) < 4.78 is 37.5. The third kappa shape index (κ3) is 1.26. The van der Waals surface area contributed by atoms with Crippen LogP contribution in [0.3, 0.4) is 0 Å². The molecule has 4 heteroatoms. The van der Waals surface area contributed by atoms with Gasteiger partial charge in [0.05, 0.1) is 6.85 Å². The Labute approximate surface area is 85.8 Å². The average molecular weight is 194 g/mol. The third-order valence-corrected chi connectivity index (χ3v) is 1.62. The highest BCUT2D eigenvalue weighted by Gasteiger charge is 2.06. The van der Waals surface area contributed by atoms with Gasteiger partial charge in [-0.3, -0.25) is 4.79 Å². The standard InChI is InChI=1S/C10H7NO3/c12-9-5-8(10(13)14)11-7-4-2-1-3-6(7)9/h1-5H,(H,11,12)(H,13,14)/i1D,2D,3D,4D,5D. The van der Waals surface area contributed by atoms with Crippen LogP contribution in [0.2, 0.25) is 0 Å². The first-order valence-corrected chi connectivity index (χ1v) is 3.63. The molecule has 0 fully saturated rings. The molecule has 0 spiro atoms. The van der Waals surface area contributed by atoms with Crippen molar-refractivity contribution in [2.75, 3.05) is 0 Å². The number of benzene rings is 1. The number of rotatable bonds is 1. The maximum Gasteiger partial charge on any atom is 0.352 e. The lowest BCUT2D eigenvalue weighted by molar-refractivity contribution is 0.0691. The van der Waals surface area contributed by atoms with Gasteiger partial charge in [-0.2, -0.15) is 0 Å². The average Bonchev–Trinajstić information content (AvgIpc) is 2.36. The molecule has 4 nitrogen and oxygen atoms in total. The van der Waals surface area contributed by atoms with Gasteiger partial charge in [-0.05, 0) is 12.1 Å². The second kappa shape index (κ2) is 2.99. The minimum Gasteiger partial charge on any atom is -0.477 e. The molecule has 2 aromatic rings. The molecule has 0 aliphatic carbocycles. The van der Waals surface area contributed by atoms with Crippen LogP contribution in [-0.2, 0) is 0 Å². The summed E-state index contributed by atoms with van der Waals surface area (Å²) in [5.74, 6) is -1.54. The predicted octanol–water partition coefficient (Wildman–Crippen LogP) is 1.23. The summed E-state index contributed by atoms with van der Waals surface area (Å²) in [5, 5.41) is 8.44. The fraction of sp³-hybridized carbons (Fsp3) is 0. The van der Waals surface area contributed by atoms with Crippen molar-refractivity contribution in [1.82, 2.24) is 4.98 Å². The van der Waals surface area contributed by atoms with Crippen LogP contribution in [-0.4, -0.2) is 16.1 Å². The lowest BCUT2D eigenvalue weighted by Crippen LogP contribution is -2.09. The van der Waals surface area contributed by atoms with E-state index < -0.39 is 52.7 Å². The topological polar surface area (TPSA) is 70.2 Å². The minimum absolute atomic E-state index is 0.315. The summed E-state index contributed by atoms with van der Waals surface area (Å²) in [5.41, 5.74) is -2.06. The molecule has 14 heavy (non-hydrogen) atoms. The Morgan fingerprint density at radius 3 is 2.86 bits per heavy atom. The van der Waals surface area contributed by atoms with Gasteiger partial charge in [0.15, 0.2) is 5.43 Å². The van der Waals surface area contributed by atoms with E-state index in [0.717, 1.165) is 0 Å². The normalized spacial score (nSPS) is 15.3. The molecule has 0 radical (unpaired) electrons. The van der Waals surface area contributed by atoms with Crippen LogP contribution in [0.4, 0.5) is 0 Å². The van der Waals surface area contributed by atoms with Crippen LogP contribution in [0.1, 0.15) is 17.3 Å². The second-order valence-electron chi connectivity index (χ2n) is 2.51. The molecule has 70 valence electrons. The number of carboxylic acid groups (broad SMARTS) is 1. The van der Waals surface area contributed by atoms with Crippen molar-refractivity contribution in [3.63, 3.8) is 0 Å². The Morgan fingerprint density at radius 2 is 2.14 bits per heavy atom. The van der Waals surface area contributed by atoms with Gasteiger partial charge in [0, 0.05) is 16.9 Å². The summed E-state index contributed by atoms with van der Waals surface area (Å²) in [6.07, 6.45) is 0. The van der Waals surface area contributed by atoms with Crippen molar-refractivity contribution < 1.29 is 16.8 Å². The van der Waals surface area contributed by atoms with E-state index in [1.807, 2.05) is 0 Å². The second-order valence-corrected chi connectivity index (χ2v) is 2.51. The van der Waals surface area contributed by atoms with Crippen molar-refractivity contribution in [3.05, 3.63) is 46.1 Å². The minimum atomic E-state index is -1.54. The number of aromatic amines is 1. The van der Waals surface area contributed by atoms with Crippen LogP contribution in [0.15, 0.2) is 35.0 Å². The van der Waals surface area contributed by atoms with Crippen LogP contribution in [0, 0.1) is 0 Å². The van der Waals surface area contributed by atoms with Gasteiger partial charge in [-0.25, -0.2) is 4.79 Å². The van der Waals surface area contributed by atoms with E-state index in [4.69, 9.17) is 12.0 Å². The molecular weight excluding hydrogens is 182 g/mol. The molecule has 0 unspecified atom stereocenters. The molecular formula is C10H7NO3. The van der Waals surface area contributed by atoms with E-state index in [2.05, 4.69) is 4.98 Å². The highest BCUT2D eigenvalue weighted by Crippen LogP contribution is 2.06. The number of aromatic carboxylic acids is 1. The zero-order valence-corrected chi connectivity index (χ0v) is 6.76. The number of para-hydroxylation sites is 1. The van der Waals surface area contributed by atoms with E-state index in [9.17, 15) is 9.59 Å². The van der Waals surface area contributed by atoms with Gasteiger partial charge in [0.25, 0.3) is 0 Å². The van der Waals surface area contributed by atoms with E-state index in [1.54, 1.807) is 0 Å². The quantitative estimate of drug-likeness (QED) is 0.717. The zero-order chi connectivity index (χ0) is 14.5. The number of hydrogen-bond donors (Lipinski definition) is 2. The van der Waals surface area contributed by atoms with Crippen LogP contribution in [0.5, 0.6) is 0 Å². The molecule has 0 aliphatic heterocycles. The highest BCUT2D eigenvalue weighted by molar-refractivity contribution is 5.89. The first-order valence-electron chi connectivity index (χ1n) is 6.13. The predicted molar refractivity (Wildman–Crippen MR) is 51.5 cm³/mol. The molecule has 1 aromatic carbocycles. The maximum atomic E-state index is 11.9. The van der Waals surface area contributed by atoms with Crippen LogP contribution < -0.4 is 5.43 Å². The van der Waals surface area contributed by atoms with E-state index in [0.29, 0.717) is 0 Å². The Bertz CT molecular complexity index is 783. The number of pyridine rings is 1. The number of fused-ring (bicyclic) bond motifs is 1. The van der Waals surface area contributed by atoms with Crippen molar-refractivity contribution in [2.45, 2.75) is 0 Å². The molecule has 0 amide bonds. The number of H-pyrrole nitrogens is 1. The van der Waals surface area contributed by atoms with Gasteiger partial charge in [-0.1, -0.05) is 12.1 Å². The summed E-state index contributed by atoms with van der Waals surface area (Å²) in [6, 6.07) is -3.17. The van der Waals surface area contributed by atoms with Gasteiger partial charge in [0.2, 0.25) is 0 Å². The first-order chi connectivity index (χ1) is 8.77. The maximum absolute atomic E-state index is 11.9. The fourth-order valence-electron chi connectivity index (χ4n) is 1.02. The molecule has 1 heterocycles. The first kappa shape index (κ1) is 4.41. The molecule has 0 bridgehead atoms. The van der Waals surface area contributed by atoms with Crippen molar-refractivity contribution in [1.29, 1.82) is 0 Å². The lowest BCUT2D eigenvalue weighted by atomic mass is 10.2. The van der Waals surface area contributed by atoms with E-state index in [1.165, 1.54) is 0 Å². The van der Waals surface area contributed by atoms with Crippen LogP contribution in [0.25, 0.3) is 10.9 Å². The molecule has 0 aliphatic rings. The summed E-state index contributed by atoms with van der Waals surface area (Å²) in [6.45, 7) is 0. The van der Waals surface area contributed by atoms with Crippen molar-refractivity contribution in [3.8, 4) is 0 Å². The number of carboxylic acids is 1. The Balaban J connectivity index is 3.15. The monoisotopic (exact) mass is 194 g/mol. The van der Waals surface area contributed by atoms with Gasteiger partial charge in [-0.15, -0.1) is 0 Å². The van der Waals surface area contributed by atoms with Gasteiger partial charge < -0.3 is 10.1 Å². The van der Waals surface area contributed by atoms with E-state index >= 15 is 0 Å². The molecule has 0 saturated heterocycles. The number of aromatic nitrogens is 1. The summed E-state index contributed by atoms with van der Waals surface area (Å²) >= 11 is 0. The number of nitrogens with one attached hydrogen (secondary N) is 1. The molecule has 1 aromatic heterocycles. The molecule has 0 atom stereocenters. The summed E-state index contributed by atoms with van der Waals surface area (Å²) in [7, 11) is 0. The molecule has 2 rings (SSSR count). The Morgan fingerprint density at radius 1 is 1.43 bits per heavy atom. The lowest BCUT2D eigenvalue weighted by Gasteiger charge is -1.98.